The van der Waals surface area contributed by atoms with Gasteiger partial charge >= 0.3 is 6.03 Å². The number of nitrogens with one attached hydrogen (secondary N) is 4. The number of urea groups is 1. The molecule has 46 heavy (non-hydrogen) atoms. The van der Waals surface area contributed by atoms with E-state index in [0.717, 1.165) is 76.4 Å². The van der Waals surface area contributed by atoms with Crippen molar-refractivity contribution in [3.05, 3.63) is 24.3 Å². The summed E-state index contributed by atoms with van der Waals surface area (Å²) >= 11 is 1.90. The first kappa shape index (κ1) is 38.1. The van der Waals surface area contributed by atoms with Crippen LogP contribution in [0.1, 0.15) is 110 Å². The van der Waals surface area contributed by atoms with Gasteiger partial charge in [-0.3, -0.25) is 14.4 Å². The highest BCUT2D eigenvalue weighted by Crippen LogP contribution is 2.34. The Balaban J connectivity index is 1.13. The third kappa shape index (κ3) is 13.8. The minimum Gasteiger partial charge on any atom is -0.392 e. The van der Waals surface area contributed by atoms with Crippen LogP contribution in [-0.2, 0) is 14.4 Å². The number of allylic oxidation sites excluding steroid dienone is 2. The van der Waals surface area contributed by atoms with Crippen LogP contribution in [0, 0.1) is 11.8 Å². The Morgan fingerprint density at radius 1 is 0.957 bits per heavy atom. The van der Waals surface area contributed by atoms with E-state index in [9.17, 15) is 29.4 Å². The number of ketones is 1. The van der Waals surface area contributed by atoms with Crippen molar-refractivity contribution in [2.45, 2.75) is 139 Å². The first-order valence-electron chi connectivity index (χ1n) is 17.7. The number of unbranched alkanes of at least 4 members (excludes halogenated alkanes) is 6. The van der Waals surface area contributed by atoms with Gasteiger partial charge in [-0.15, -0.1) is 0 Å². The Morgan fingerprint density at radius 3 is 2.43 bits per heavy atom. The third-order valence-corrected chi connectivity index (χ3v) is 10.8. The average molecular weight is 663 g/mol. The molecule has 260 valence electrons. The summed E-state index contributed by atoms with van der Waals surface area (Å²) in [7, 11) is 0. The number of carbonyl (C=O) groups excluding carboxylic acids is 4. The SMILES string of the molecule is CCCCC[C@H](O)/C=C/[C@H]1C(O)CC(=O)[C@@H]1C/C=C\CCCC(=O)NCCCCCNC(=O)CCCC[C@H]1SC[C@@H]2NC(=O)N[C@@H]21. The molecule has 3 aliphatic rings. The van der Waals surface area contributed by atoms with Crippen molar-refractivity contribution in [1.82, 2.24) is 21.3 Å². The van der Waals surface area contributed by atoms with E-state index >= 15 is 0 Å². The molecule has 4 amide bonds. The average Bonchev–Trinajstić information content (AvgIpc) is 3.66. The summed E-state index contributed by atoms with van der Waals surface area (Å²) in [5.41, 5.74) is 0. The van der Waals surface area contributed by atoms with E-state index in [1.165, 1.54) is 0 Å². The number of thioether (sulfide) groups is 1. The quantitative estimate of drug-likeness (QED) is 0.0541. The van der Waals surface area contributed by atoms with Crippen LogP contribution in [0.4, 0.5) is 4.79 Å². The van der Waals surface area contributed by atoms with Gasteiger partial charge in [0.15, 0.2) is 0 Å². The van der Waals surface area contributed by atoms with Crippen LogP contribution in [0.5, 0.6) is 0 Å². The zero-order valence-electron chi connectivity index (χ0n) is 27.7. The molecule has 3 fully saturated rings. The Labute approximate surface area is 279 Å². The van der Waals surface area contributed by atoms with Crippen molar-refractivity contribution in [3.8, 4) is 0 Å². The molecule has 1 aliphatic carbocycles. The lowest BCUT2D eigenvalue weighted by atomic mass is 9.90. The third-order valence-electron chi connectivity index (χ3n) is 9.30. The van der Waals surface area contributed by atoms with Gasteiger partial charge in [0.2, 0.25) is 11.8 Å². The van der Waals surface area contributed by atoms with Gasteiger partial charge in [-0.1, -0.05) is 56.9 Å². The molecule has 2 aliphatic heterocycles. The fourth-order valence-electron chi connectivity index (χ4n) is 6.56. The predicted molar refractivity (Wildman–Crippen MR) is 183 cm³/mol. The van der Waals surface area contributed by atoms with Gasteiger partial charge in [-0.25, -0.2) is 4.79 Å². The lowest BCUT2D eigenvalue weighted by molar-refractivity contribution is -0.122. The number of hydrogen-bond donors (Lipinski definition) is 6. The summed E-state index contributed by atoms with van der Waals surface area (Å²) < 4.78 is 0. The minimum absolute atomic E-state index is 0.0385. The Bertz CT molecular complexity index is 1020. The second-order valence-corrected chi connectivity index (χ2v) is 14.4. The van der Waals surface area contributed by atoms with Crippen molar-refractivity contribution in [3.63, 3.8) is 0 Å². The second kappa shape index (κ2) is 21.5. The molecule has 0 radical (unpaired) electrons. The van der Waals surface area contributed by atoms with E-state index in [0.29, 0.717) is 44.0 Å². The summed E-state index contributed by atoms with van der Waals surface area (Å²) in [6.45, 7) is 3.41. The maximum atomic E-state index is 12.4. The lowest BCUT2D eigenvalue weighted by Crippen LogP contribution is -2.36. The largest absolute Gasteiger partial charge is 0.392 e. The van der Waals surface area contributed by atoms with Crippen LogP contribution in [-0.4, -0.2) is 82.2 Å². The van der Waals surface area contributed by atoms with Crippen molar-refractivity contribution in [1.29, 1.82) is 0 Å². The van der Waals surface area contributed by atoms with Crippen molar-refractivity contribution < 1.29 is 29.4 Å². The zero-order valence-corrected chi connectivity index (χ0v) is 28.5. The molecule has 0 spiro atoms. The van der Waals surface area contributed by atoms with Crippen LogP contribution in [0.25, 0.3) is 0 Å². The predicted octanol–water partition coefficient (Wildman–Crippen LogP) is 4.30. The number of hydrogen-bond acceptors (Lipinski definition) is 7. The van der Waals surface area contributed by atoms with E-state index < -0.39 is 12.2 Å². The highest BCUT2D eigenvalue weighted by Gasteiger charge is 2.42. The van der Waals surface area contributed by atoms with Crippen LogP contribution in [0.3, 0.4) is 0 Å². The zero-order chi connectivity index (χ0) is 33.1. The molecular weight excluding hydrogens is 604 g/mol. The summed E-state index contributed by atoms with van der Waals surface area (Å²) in [5.74, 6) is 0.628. The van der Waals surface area contributed by atoms with Crippen molar-refractivity contribution in [2.24, 2.45) is 11.8 Å². The maximum absolute atomic E-state index is 12.4. The molecule has 0 bridgehead atoms. The Kier molecular flexibility index (Phi) is 17.8. The second-order valence-electron chi connectivity index (χ2n) is 13.1. The summed E-state index contributed by atoms with van der Waals surface area (Å²) in [6.07, 6.45) is 18.9. The molecule has 0 aromatic rings. The highest BCUT2D eigenvalue weighted by molar-refractivity contribution is 8.00. The number of Topliss-reactive ketones (excluding diaryl/α,β-unsaturated/α-hetero) is 1. The number of amides is 4. The van der Waals surface area contributed by atoms with Gasteiger partial charge < -0.3 is 31.5 Å². The normalized spacial score (nSPS) is 26.4. The maximum Gasteiger partial charge on any atom is 0.315 e. The molecule has 7 atom stereocenters. The summed E-state index contributed by atoms with van der Waals surface area (Å²) in [5, 5.41) is 32.9. The molecule has 10 nitrogen and oxygen atoms in total. The molecular formula is C35H58N4O6S. The highest BCUT2D eigenvalue weighted by atomic mass is 32.2. The minimum atomic E-state index is -0.694. The van der Waals surface area contributed by atoms with Crippen molar-refractivity contribution >= 4 is 35.4 Å². The van der Waals surface area contributed by atoms with Crippen LogP contribution in [0.2, 0.25) is 0 Å². The molecule has 1 unspecified atom stereocenters. The van der Waals surface area contributed by atoms with Crippen LogP contribution in [0.15, 0.2) is 24.3 Å². The Hall–Kier alpha value is -2.37. The molecule has 2 heterocycles. The first-order chi connectivity index (χ1) is 22.3. The van der Waals surface area contributed by atoms with Gasteiger partial charge in [0, 0.05) is 55.2 Å². The van der Waals surface area contributed by atoms with Gasteiger partial charge in [-0.2, -0.15) is 11.8 Å². The smallest absolute Gasteiger partial charge is 0.315 e. The first-order valence-corrected chi connectivity index (χ1v) is 18.8. The Morgan fingerprint density at radius 2 is 1.70 bits per heavy atom. The van der Waals surface area contributed by atoms with E-state index in [2.05, 4.69) is 28.2 Å². The monoisotopic (exact) mass is 662 g/mol. The summed E-state index contributed by atoms with van der Waals surface area (Å²) in [4.78, 5) is 48.2. The molecule has 11 heteroatoms. The molecule has 2 saturated heterocycles. The van der Waals surface area contributed by atoms with Gasteiger partial charge in [-0.05, 0) is 57.8 Å². The number of aliphatic hydroxyl groups excluding tert-OH is 2. The van der Waals surface area contributed by atoms with E-state index in [-0.39, 0.29) is 54.0 Å². The molecule has 6 N–H and O–H groups in total. The fourth-order valence-corrected chi connectivity index (χ4v) is 8.10. The van der Waals surface area contributed by atoms with Crippen LogP contribution >= 0.6 is 11.8 Å². The summed E-state index contributed by atoms with van der Waals surface area (Å²) in [6, 6.07) is 0.407. The number of carbonyl (C=O) groups is 4. The van der Waals surface area contributed by atoms with E-state index in [4.69, 9.17) is 0 Å². The van der Waals surface area contributed by atoms with Gasteiger partial charge in [0.1, 0.15) is 5.78 Å². The number of rotatable bonds is 23. The lowest BCUT2D eigenvalue weighted by Gasteiger charge is -2.16. The fraction of sp³-hybridized carbons (Fsp3) is 0.771. The van der Waals surface area contributed by atoms with Crippen molar-refractivity contribution in [2.75, 3.05) is 18.8 Å². The van der Waals surface area contributed by atoms with E-state index in [1.807, 2.05) is 30.0 Å². The molecule has 0 aromatic heterocycles. The number of fused-ring (bicyclic) bond motifs is 1. The van der Waals surface area contributed by atoms with E-state index in [1.54, 1.807) is 6.08 Å². The van der Waals surface area contributed by atoms with Gasteiger partial charge in [0.25, 0.3) is 0 Å². The topological polar surface area (TPSA) is 157 Å². The molecule has 1 saturated carbocycles. The van der Waals surface area contributed by atoms with Gasteiger partial charge in [0.05, 0.1) is 24.3 Å². The molecule has 3 rings (SSSR count). The molecule has 0 aromatic carbocycles. The number of aliphatic hydroxyl groups is 2. The van der Waals surface area contributed by atoms with Crippen LogP contribution < -0.4 is 21.3 Å². The standard InChI is InChI=1S/C35H58N4O6S/c1-2-3-7-14-25(40)19-20-27-26(29(41)23-30(27)42)15-8-4-5-9-17-32(43)36-21-12-6-13-22-37-33(44)18-11-10-16-31-34-28(24-46-31)38-35(45)39-34/h4,8,19-20,25-28,30-31,34,40,42H,2-3,5-7,9-18,21-24H2,1H3,(H,36,43)(H,37,44)(H2,38,39,45)/b8-4-,20-19+/t25-,26+,27+,28-,30?,31+,34-/m0/s1.